The van der Waals surface area contributed by atoms with Crippen molar-refractivity contribution in [1.82, 2.24) is 4.90 Å². The molecule has 1 aromatic carbocycles. The predicted octanol–water partition coefficient (Wildman–Crippen LogP) is 1.57. The first-order valence-corrected chi connectivity index (χ1v) is 7.26. The lowest BCUT2D eigenvalue weighted by Crippen LogP contribution is -2.33. The molecule has 2 fully saturated rings. The Hall–Kier alpha value is -1.88. The van der Waals surface area contributed by atoms with Crippen LogP contribution in [-0.2, 0) is 16.0 Å². The Morgan fingerprint density at radius 1 is 1.24 bits per heavy atom. The van der Waals surface area contributed by atoms with E-state index in [2.05, 4.69) is 0 Å². The number of nitrogens with zero attached hydrogens (tertiary/aromatic N) is 1. The molecule has 2 saturated heterocycles. The van der Waals surface area contributed by atoms with Gasteiger partial charge in [0, 0.05) is 25.1 Å². The van der Waals surface area contributed by atoms with Gasteiger partial charge in [-0.05, 0) is 30.5 Å². The zero-order chi connectivity index (χ0) is 14.9. The molecule has 1 atom stereocenters. The van der Waals surface area contributed by atoms with Crippen molar-refractivity contribution in [3.63, 3.8) is 0 Å². The second-order valence-corrected chi connectivity index (χ2v) is 6.05. The van der Waals surface area contributed by atoms with Gasteiger partial charge < -0.3 is 14.7 Å². The Morgan fingerprint density at radius 3 is 2.62 bits per heavy atom. The number of hydrogen-bond donors (Lipinski definition) is 1. The lowest BCUT2D eigenvalue weighted by molar-refractivity contribution is -0.129. The van der Waals surface area contributed by atoms with Crippen LogP contribution in [0.5, 0.6) is 0 Å². The number of aromatic carboxylic acids is 1. The Bertz CT molecular complexity index is 546. The van der Waals surface area contributed by atoms with Crippen LogP contribution in [0.1, 0.15) is 28.8 Å². The van der Waals surface area contributed by atoms with Gasteiger partial charge in [0.1, 0.15) is 0 Å². The van der Waals surface area contributed by atoms with Crippen LogP contribution < -0.4 is 0 Å². The molecule has 0 radical (unpaired) electrons. The van der Waals surface area contributed by atoms with Crippen LogP contribution in [0.2, 0.25) is 0 Å². The summed E-state index contributed by atoms with van der Waals surface area (Å²) in [4.78, 5) is 25.1. The Balaban J connectivity index is 1.60. The maximum Gasteiger partial charge on any atom is 0.335 e. The number of hydrogen-bond acceptors (Lipinski definition) is 3. The van der Waals surface area contributed by atoms with E-state index in [1.807, 2.05) is 4.90 Å². The van der Waals surface area contributed by atoms with Crippen molar-refractivity contribution in [3.05, 3.63) is 35.4 Å². The van der Waals surface area contributed by atoms with Gasteiger partial charge in [-0.1, -0.05) is 12.1 Å². The fourth-order valence-corrected chi connectivity index (χ4v) is 3.17. The molecule has 1 amide bonds. The zero-order valence-corrected chi connectivity index (χ0v) is 11.9. The van der Waals surface area contributed by atoms with Gasteiger partial charge in [-0.3, -0.25) is 4.79 Å². The second kappa shape index (κ2) is 5.48. The van der Waals surface area contributed by atoms with Crippen molar-refractivity contribution in [2.24, 2.45) is 5.41 Å². The molecular formula is C16H19NO4. The van der Waals surface area contributed by atoms with E-state index in [-0.39, 0.29) is 16.9 Å². The van der Waals surface area contributed by atoms with Gasteiger partial charge in [0.2, 0.25) is 5.91 Å². The maximum absolute atomic E-state index is 12.3. The fourth-order valence-electron chi connectivity index (χ4n) is 3.17. The van der Waals surface area contributed by atoms with E-state index < -0.39 is 5.97 Å². The third-order valence-corrected chi connectivity index (χ3v) is 4.53. The van der Waals surface area contributed by atoms with E-state index in [0.717, 1.165) is 44.7 Å². The molecule has 2 aliphatic heterocycles. The highest BCUT2D eigenvalue weighted by molar-refractivity contribution is 5.87. The number of amides is 1. The van der Waals surface area contributed by atoms with Crippen molar-refractivity contribution in [1.29, 1.82) is 0 Å². The smallest absolute Gasteiger partial charge is 0.335 e. The van der Waals surface area contributed by atoms with Crippen LogP contribution in [0.15, 0.2) is 24.3 Å². The summed E-state index contributed by atoms with van der Waals surface area (Å²) in [6.45, 7) is 3.16. The van der Waals surface area contributed by atoms with Crippen LogP contribution in [0.25, 0.3) is 0 Å². The quantitative estimate of drug-likeness (QED) is 0.917. The number of carbonyl (C=O) groups is 2. The average molecular weight is 289 g/mol. The molecule has 0 saturated carbocycles. The summed E-state index contributed by atoms with van der Waals surface area (Å²) < 4.78 is 5.47. The lowest BCUT2D eigenvalue weighted by atomic mass is 9.87. The number of rotatable bonds is 3. The van der Waals surface area contributed by atoms with Crippen molar-refractivity contribution >= 4 is 11.9 Å². The normalized spacial score (nSPS) is 24.7. The molecule has 1 spiro atoms. The molecule has 5 nitrogen and oxygen atoms in total. The minimum atomic E-state index is -0.949. The standard InChI is InChI=1S/C16H19NO4/c18-14(9-12-1-3-13(4-2-12)15(19)20)17-7-5-16(10-17)6-8-21-11-16/h1-4H,5-11H2,(H,19,20). The van der Waals surface area contributed by atoms with Crippen molar-refractivity contribution < 1.29 is 19.4 Å². The Kier molecular flexibility index (Phi) is 3.68. The van der Waals surface area contributed by atoms with Gasteiger partial charge in [-0.25, -0.2) is 4.79 Å². The summed E-state index contributed by atoms with van der Waals surface area (Å²) in [6, 6.07) is 6.51. The van der Waals surface area contributed by atoms with E-state index >= 15 is 0 Å². The molecule has 1 N–H and O–H groups in total. The average Bonchev–Trinajstić information content (AvgIpc) is 3.10. The van der Waals surface area contributed by atoms with E-state index in [1.54, 1.807) is 24.3 Å². The second-order valence-electron chi connectivity index (χ2n) is 6.05. The summed E-state index contributed by atoms with van der Waals surface area (Å²) in [5.74, 6) is -0.836. The molecule has 0 bridgehead atoms. The molecule has 2 aliphatic rings. The largest absolute Gasteiger partial charge is 0.478 e. The maximum atomic E-state index is 12.3. The number of carbonyl (C=O) groups excluding carboxylic acids is 1. The number of likely N-dealkylation sites (tertiary alicyclic amines) is 1. The van der Waals surface area contributed by atoms with Crippen LogP contribution in [0.4, 0.5) is 0 Å². The highest BCUT2D eigenvalue weighted by atomic mass is 16.5. The highest BCUT2D eigenvalue weighted by Gasteiger charge is 2.42. The number of ether oxygens (including phenoxy) is 1. The zero-order valence-electron chi connectivity index (χ0n) is 11.9. The number of carboxylic acids is 1. The Labute approximate surface area is 123 Å². The lowest BCUT2D eigenvalue weighted by Gasteiger charge is -2.22. The molecule has 1 unspecified atom stereocenters. The third-order valence-electron chi connectivity index (χ3n) is 4.53. The predicted molar refractivity (Wildman–Crippen MR) is 76.2 cm³/mol. The SMILES string of the molecule is O=C(O)c1ccc(CC(=O)N2CCC3(CCOC3)C2)cc1. The Morgan fingerprint density at radius 2 is 2.00 bits per heavy atom. The van der Waals surface area contributed by atoms with Crippen LogP contribution in [0, 0.1) is 5.41 Å². The third kappa shape index (κ3) is 2.93. The molecule has 0 aliphatic carbocycles. The fraction of sp³-hybridized carbons (Fsp3) is 0.500. The molecule has 3 rings (SSSR count). The van der Waals surface area contributed by atoms with Gasteiger partial charge in [0.25, 0.3) is 0 Å². The van der Waals surface area contributed by atoms with Crippen LogP contribution >= 0.6 is 0 Å². The van der Waals surface area contributed by atoms with Crippen LogP contribution in [0.3, 0.4) is 0 Å². The first kappa shape index (κ1) is 14.1. The van der Waals surface area contributed by atoms with Crippen molar-refractivity contribution in [2.75, 3.05) is 26.3 Å². The van der Waals surface area contributed by atoms with Crippen LogP contribution in [-0.4, -0.2) is 48.2 Å². The molecule has 112 valence electrons. The number of benzene rings is 1. The highest BCUT2D eigenvalue weighted by Crippen LogP contribution is 2.38. The van der Waals surface area contributed by atoms with E-state index in [0.29, 0.717) is 6.42 Å². The monoisotopic (exact) mass is 289 g/mol. The molecular weight excluding hydrogens is 270 g/mol. The minimum Gasteiger partial charge on any atom is -0.478 e. The van der Waals surface area contributed by atoms with E-state index in [9.17, 15) is 9.59 Å². The summed E-state index contributed by atoms with van der Waals surface area (Å²) in [7, 11) is 0. The van der Waals surface area contributed by atoms with E-state index in [4.69, 9.17) is 9.84 Å². The van der Waals surface area contributed by atoms with Gasteiger partial charge in [-0.15, -0.1) is 0 Å². The van der Waals surface area contributed by atoms with Crippen molar-refractivity contribution in [2.45, 2.75) is 19.3 Å². The van der Waals surface area contributed by atoms with Gasteiger partial charge in [0.05, 0.1) is 18.6 Å². The summed E-state index contributed by atoms with van der Waals surface area (Å²) in [5.41, 5.74) is 1.28. The molecule has 2 heterocycles. The summed E-state index contributed by atoms with van der Waals surface area (Å²) >= 11 is 0. The molecule has 5 heteroatoms. The minimum absolute atomic E-state index is 0.113. The van der Waals surface area contributed by atoms with E-state index in [1.165, 1.54) is 0 Å². The summed E-state index contributed by atoms with van der Waals surface area (Å²) in [5, 5.41) is 8.86. The summed E-state index contributed by atoms with van der Waals surface area (Å²) in [6.07, 6.45) is 2.40. The first-order valence-electron chi connectivity index (χ1n) is 7.26. The number of carboxylic acid groups (broad SMARTS) is 1. The van der Waals surface area contributed by atoms with Crippen molar-refractivity contribution in [3.8, 4) is 0 Å². The molecule has 21 heavy (non-hydrogen) atoms. The first-order chi connectivity index (χ1) is 10.1. The van der Waals surface area contributed by atoms with Gasteiger partial charge in [-0.2, -0.15) is 0 Å². The molecule has 0 aromatic heterocycles. The topological polar surface area (TPSA) is 66.8 Å². The molecule has 1 aromatic rings. The van der Waals surface area contributed by atoms with Gasteiger partial charge >= 0.3 is 5.97 Å². The van der Waals surface area contributed by atoms with Gasteiger partial charge in [0.15, 0.2) is 0 Å².